The first kappa shape index (κ1) is 14.2. The third kappa shape index (κ3) is 3.80. The molecular formula is C12H20N2O2S. The van der Waals surface area contributed by atoms with Gasteiger partial charge in [0.25, 0.3) is 0 Å². The van der Waals surface area contributed by atoms with Gasteiger partial charge in [-0.2, -0.15) is 0 Å². The van der Waals surface area contributed by atoms with Crippen LogP contribution in [-0.2, 0) is 10.0 Å². The Hall–Kier alpha value is -0.910. The van der Waals surface area contributed by atoms with Gasteiger partial charge in [0.15, 0.2) is 0 Å². The monoisotopic (exact) mass is 256 g/mol. The number of hydrogen-bond acceptors (Lipinski definition) is 3. The van der Waals surface area contributed by atoms with E-state index in [4.69, 9.17) is 5.73 Å². The fraction of sp³-hybridized carbons (Fsp3) is 0.500. The molecule has 1 aromatic rings. The van der Waals surface area contributed by atoms with E-state index in [1.807, 2.05) is 20.8 Å². The average molecular weight is 256 g/mol. The Balaban J connectivity index is 2.85. The molecule has 0 bridgehead atoms. The Bertz CT molecular complexity index is 454. The number of sulfonamides is 1. The zero-order chi connectivity index (χ0) is 13.1. The third-order valence-corrected chi connectivity index (χ3v) is 4.47. The van der Waals surface area contributed by atoms with Gasteiger partial charge in [0.2, 0.25) is 10.0 Å². The SMILES string of the molecule is Cc1ccc(S(=O)(=O)NC(C)C(C)CN)cc1. The standard InChI is InChI=1S/C12H20N2O2S/c1-9-4-6-12(7-5-9)17(15,16)14-11(3)10(2)8-13/h4-7,10-11,14H,8,13H2,1-3H3. The van der Waals surface area contributed by atoms with Crippen LogP contribution in [0.15, 0.2) is 29.2 Å². The molecule has 0 fully saturated rings. The van der Waals surface area contributed by atoms with Crippen molar-refractivity contribution in [3.8, 4) is 0 Å². The molecule has 2 atom stereocenters. The van der Waals surface area contributed by atoms with Gasteiger partial charge in [-0.05, 0) is 38.4 Å². The highest BCUT2D eigenvalue weighted by molar-refractivity contribution is 7.89. The Labute approximate surface area is 103 Å². The summed E-state index contributed by atoms with van der Waals surface area (Å²) in [5.41, 5.74) is 6.55. The van der Waals surface area contributed by atoms with Crippen LogP contribution in [0, 0.1) is 12.8 Å². The Morgan fingerprint density at radius 1 is 1.24 bits per heavy atom. The molecule has 1 aromatic carbocycles. The summed E-state index contributed by atoms with van der Waals surface area (Å²) in [5, 5.41) is 0. The quantitative estimate of drug-likeness (QED) is 0.833. The number of aryl methyl sites for hydroxylation is 1. The van der Waals surface area contributed by atoms with E-state index in [0.29, 0.717) is 11.4 Å². The van der Waals surface area contributed by atoms with Crippen molar-refractivity contribution in [3.63, 3.8) is 0 Å². The van der Waals surface area contributed by atoms with Crippen LogP contribution in [-0.4, -0.2) is 21.0 Å². The van der Waals surface area contributed by atoms with E-state index in [0.717, 1.165) is 5.56 Å². The van der Waals surface area contributed by atoms with E-state index in [2.05, 4.69) is 4.72 Å². The number of rotatable bonds is 5. The van der Waals surface area contributed by atoms with Crippen molar-refractivity contribution in [1.29, 1.82) is 0 Å². The van der Waals surface area contributed by atoms with Gasteiger partial charge in [0.05, 0.1) is 4.90 Å². The first-order valence-electron chi connectivity index (χ1n) is 5.66. The minimum Gasteiger partial charge on any atom is -0.330 e. The molecule has 5 heteroatoms. The van der Waals surface area contributed by atoms with Crippen LogP contribution < -0.4 is 10.5 Å². The van der Waals surface area contributed by atoms with E-state index in [-0.39, 0.29) is 12.0 Å². The molecule has 0 saturated heterocycles. The molecule has 0 radical (unpaired) electrons. The van der Waals surface area contributed by atoms with Gasteiger partial charge in [-0.3, -0.25) is 0 Å². The lowest BCUT2D eigenvalue weighted by Crippen LogP contribution is -2.39. The van der Waals surface area contributed by atoms with Crippen molar-refractivity contribution < 1.29 is 8.42 Å². The molecule has 0 aliphatic heterocycles. The average Bonchev–Trinajstić information content (AvgIpc) is 2.27. The lowest BCUT2D eigenvalue weighted by molar-refractivity contribution is 0.453. The largest absolute Gasteiger partial charge is 0.330 e. The minimum atomic E-state index is -3.44. The molecule has 0 amide bonds. The van der Waals surface area contributed by atoms with Gasteiger partial charge in [-0.1, -0.05) is 24.6 Å². The van der Waals surface area contributed by atoms with Crippen molar-refractivity contribution in [2.24, 2.45) is 11.7 Å². The van der Waals surface area contributed by atoms with E-state index in [9.17, 15) is 8.42 Å². The van der Waals surface area contributed by atoms with Gasteiger partial charge in [-0.25, -0.2) is 13.1 Å². The zero-order valence-corrected chi connectivity index (χ0v) is 11.3. The Morgan fingerprint density at radius 3 is 2.24 bits per heavy atom. The molecule has 0 aromatic heterocycles. The van der Waals surface area contributed by atoms with E-state index < -0.39 is 10.0 Å². The molecular weight excluding hydrogens is 236 g/mol. The summed E-state index contributed by atoms with van der Waals surface area (Å²) in [5.74, 6) is 0.107. The number of hydrogen-bond donors (Lipinski definition) is 2. The van der Waals surface area contributed by atoms with Gasteiger partial charge in [0, 0.05) is 6.04 Å². The van der Waals surface area contributed by atoms with E-state index in [1.165, 1.54) is 0 Å². The van der Waals surface area contributed by atoms with Crippen molar-refractivity contribution >= 4 is 10.0 Å². The maximum absolute atomic E-state index is 12.0. The normalized spacial score (nSPS) is 15.5. The van der Waals surface area contributed by atoms with Crippen LogP contribution >= 0.6 is 0 Å². The molecule has 0 aliphatic carbocycles. The molecule has 96 valence electrons. The van der Waals surface area contributed by atoms with Gasteiger partial charge in [-0.15, -0.1) is 0 Å². The first-order valence-corrected chi connectivity index (χ1v) is 7.14. The second-order valence-electron chi connectivity index (χ2n) is 4.44. The molecule has 3 N–H and O–H groups in total. The first-order chi connectivity index (χ1) is 7.86. The second-order valence-corrected chi connectivity index (χ2v) is 6.15. The predicted molar refractivity (Wildman–Crippen MR) is 69.2 cm³/mol. The fourth-order valence-electron chi connectivity index (χ4n) is 1.35. The predicted octanol–water partition coefficient (Wildman–Crippen LogP) is 1.26. The molecule has 0 saturated carbocycles. The summed E-state index contributed by atoms with van der Waals surface area (Å²) in [6, 6.07) is 6.61. The van der Waals surface area contributed by atoms with Crippen molar-refractivity contribution in [2.75, 3.05) is 6.54 Å². The maximum atomic E-state index is 12.0. The van der Waals surface area contributed by atoms with Gasteiger partial charge < -0.3 is 5.73 Å². The molecule has 4 nitrogen and oxygen atoms in total. The summed E-state index contributed by atoms with van der Waals surface area (Å²) in [6.45, 7) is 6.12. The van der Waals surface area contributed by atoms with Crippen molar-refractivity contribution in [3.05, 3.63) is 29.8 Å². The topological polar surface area (TPSA) is 72.2 Å². The van der Waals surface area contributed by atoms with E-state index in [1.54, 1.807) is 24.3 Å². The Morgan fingerprint density at radius 2 is 1.76 bits per heavy atom. The van der Waals surface area contributed by atoms with E-state index >= 15 is 0 Å². The van der Waals surface area contributed by atoms with Crippen LogP contribution in [0.4, 0.5) is 0 Å². The van der Waals surface area contributed by atoms with Crippen LogP contribution in [0.3, 0.4) is 0 Å². The highest BCUT2D eigenvalue weighted by atomic mass is 32.2. The van der Waals surface area contributed by atoms with Crippen LogP contribution in [0.25, 0.3) is 0 Å². The summed E-state index contributed by atoms with van der Waals surface area (Å²) < 4.78 is 26.7. The van der Waals surface area contributed by atoms with Gasteiger partial charge in [0.1, 0.15) is 0 Å². The highest BCUT2D eigenvalue weighted by Crippen LogP contribution is 2.12. The van der Waals surface area contributed by atoms with Crippen molar-refractivity contribution in [1.82, 2.24) is 4.72 Å². The van der Waals surface area contributed by atoms with Crippen LogP contribution in [0.2, 0.25) is 0 Å². The molecule has 0 aliphatic rings. The number of benzene rings is 1. The number of nitrogens with two attached hydrogens (primary N) is 1. The highest BCUT2D eigenvalue weighted by Gasteiger charge is 2.20. The van der Waals surface area contributed by atoms with Crippen LogP contribution in [0.5, 0.6) is 0 Å². The summed E-state index contributed by atoms with van der Waals surface area (Å²) in [6.07, 6.45) is 0. The fourth-order valence-corrected chi connectivity index (χ4v) is 2.70. The molecule has 0 heterocycles. The zero-order valence-electron chi connectivity index (χ0n) is 10.5. The Kier molecular flexibility index (Phi) is 4.68. The summed E-state index contributed by atoms with van der Waals surface area (Å²) >= 11 is 0. The lowest BCUT2D eigenvalue weighted by Gasteiger charge is -2.19. The molecule has 2 unspecified atom stereocenters. The number of nitrogens with one attached hydrogen (secondary N) is 1. The van der Waals surface area contributed by atoms with Gasteiger partial charge >= 0.3 is 0 Å². The summed E-state index contributed by atoms with van der Waals surface area (Å²) in [4.78, 5) is 0.291. The smallest absolute Gasteiger partial charge is 0.240 e. The molecule has 1 rings (SSSR count). The van der Waals surface area contributed by atoms with Crippen molar-refractivity contribution in [2.45, 2.75) is 31.7 Å². The maximum Gasteiger partial charge on any atom is 0.240 e. The lowest BCUT2D eigenvalue weighted by atomic mass is 10.1. The molecule has 17 heavy (non-hydrogen) atoms. The summed E-state index contributed by atoms with van der Waals surface area (Å²) in [7, 11) is -3.44. The molecule has 0 spiro atoms. The second kappa shape index (κ2) is 5.62. The third-order valence-electron chi connectivity index (χ3n) is 2.90. The minimum absolute atomic E-state index is 0.107. The van der Waals surface area contributed by atoms with Crippen LogP contribution in [0.1, 0.15) is 19.4 Å².